The van der Waals surface area contributed by atoms with Gasteiger partial charge in [-0.1, -0.05) is 54.1 Å². The van der Waals surface area contributed by atoms with Crippen molar-refractivity contribution >= 4 is 17.5 Å². The van der Waals surface area contributed by atoms with E-state index < -0.39 is 0 Å². The lowest BCUT2D eigenvalue weighted by Gasteiger charge is -2.16. The summed E-state index contributed by atoms with van der Waals surface area (Å²) in [4.78, 5) is 12.6. The Morgan fingerprint density at radius 2 is 1.76 bits per heavy atom. The van der Waals surface area contributed by atoms with E-state index in [-0.39, 0.29) is 11.9 Å². The van der Waals surface area contributed by atoms with Crippen LogP contribution in [0.3, 0.4) is 0 Å². The zero-order valence-electron chi connectivity index (χ0n) is 16.5. The molecule has 0 heterocycles. The first-order valence-corrected chi connectivity index (χ1v) is 9.86. The maximum Gasteiger partial charge on any atom is 0.251 e. The van der Waals surface area contributed by atoms with E-state index in [1.807, 2.05) is 68.4 Å². The van der Waals surface area contributed by atoms with Crippen LogP contribution >= 0.6 is 11.6 Å². The number of halogens is 1. The van der Waals surface area contributed by atoms with Gasteiger partial charge in [-0.2, -0.15) is 0 Å². The van der Waals surface area contributed by atoms with Gasteiger partial charge in [-0.15, -0.1) is 0 Å². The Morgan fingerprint density at radius 3 is 2.55 bits per heavy atom. The van der Waals surface area contributed by atoms with Crippen molar-refractivity contribution in [2.75, 3.05) is 6.61 Å². The van der Waals surface area contributed by atoms with Gasteiger partial charge in [0.1, 0.15) is 24.7 Å². The van der Waals surface area contributed by atoms with E-state index in [1.165, 1.54) is 0 Å². The topological polar surface area (TPSA) is 47.6 Å². The summed E-state index contributed by atoms with van der Waals surface area (Å²) < 4.78 is 11.6. The highest BCUT2D eigenvalue weighted by molar-refractivity contribution is 6.31. The summed E-state index contributed by atoms with van der Waals surface area (Å²) in [5.74, 6) is 1.26. The second-order valence-corrected chi connectivity index (χ2v) is 7.27. The Bertz CT molecular complexity index is 974. The average molecular weight is 410 g/mol. The fourth-order valence-corrected chi connectivity index (χ4v) is 2.98. The van der Waals surface area contributed by atoms with Gasteiger partial charge in [0.05, 0.1) is 6.04 Å². The largest absolute Gasteiger partial charge is 0.491 e. The second kappa shape index (κ2) is 9.99. The van der Waals surface area contributed by atoms with Crippen molar-refractivity contribution in [3.8, 4) is 11.5 Å². The van der Waals surface area contributed by atoms with Crippen LogP contribution in [0, 0.1) is 6.92 Å². The van der Waals surface area contributed by atoms with Crippen molar-refractivity contribution in [2.24, 2.45) is 0 Å². The van der Waals surface area contributed by atoms with Gasteiger partial charge in [-0.05, 0) is 49.7 Å². The smallest absolute Gasteiger partial charge is 0.251 e. The number of amides is 1. The molecule has 5 heteroatoms. The van der Waals surface area contributed by atoms with E-state index >= 15 is 0 Å². The van der Waals surface area contributed by atoms with Gasteiger partial charge in [0.2, 0.25) is 0 Å². The van der Waals surface area contributed by atoms with Crippen molar-refractivity contribution in [1.29, 1.82) is 0 Å². The number of nitrogens with one attached hydrogen (secondary N) is 1. The van der Waals surface area contributed by atoms with Crippen LogP contribution in [-0.4, -0.2) is 18.6 Å². The van der Waals surface area contributed by atoms with Crippen molar-refractivity contribution < 1.29 is 14.3 Å². The normalized spacial score (nSPS) is 11.6. The van der Waals surface area contributed by atoms with E-state index in [0.29, 0.717) is 29.5 Å². The summed E-state index contributed by atoms with van der Waals surface area (Å²) in [6.45, 7) is 4.63. The lowest BCUT2D eigenvalue weighted by atomic mass is 10.2. The molecule has 150 valence electrons. The molecule has 0 aliphatic rings. The molecule has 0 fully saturated rings. The summed E-state index contributed by atoms with van der Waals surface area (Å²) >= 11 is 6.16. The molecule has 1 atom stereocenters. The summed E-state index contributed by atoms with van der Waals surface area (Å²) in [5.41, 5.74) is 2.49. The van der Waals surface area contributed by atoms with Gasteiger partial charge in [0, 0.05) is 16.1 Å². The maximum absolute atomic E-state index is 12.6. The van der Waals surface area contributed by atoms with Crippen LogP contribution in [0.2, 0.25) is 5.02 Å². The highest BCUT2D eigenvalue weighted by atomic mass is 35.5. The number of rotatable bonds is 8. The molecule has 3 aromatic rings. The fourth-order valence-electron chi connectivity index (χ4n) is 2.79. The molecule has 3 rings (SSSR count). The third-order valence-electron chi connectivity index (χ3n) is 4.41. The van der Waals surface area contributed by atoms with Gasteiger partial charge in [-0.3, -0.25) is 4.79 Å². The number of benzene rings is 3. The standard InChI is InChI=1S/C24H24ClNO3/c1-17-8-3-6-13-23(17)29-15-18(2)26-24(27)19-10-7-11-21(14-19)28-16-20-9-4-5-12-22(20)25/h3-14,18H,15-16H2,1-2H3,(H,26,27)/t18-/m0/s1. The zero-order valence-corrected chi connectivity index (χ0v) is 17.3. The minimum atomic E-state index is -0.172. The van der Waals surface area contributed by atoms with E-state index in [9.17, 15) is 4.79 Å². The van der Waals surface area contributed by atoms with Gasteiger partial charge in [-0.25, -0.2) is 0 Å². The molecule has 0 aliphatic carbocycles. The van der Waals surface area contributed by atoms with E-state index in [2.05, 4.69) is 5.32 Å². The number of aryl methyl sites for hydroxylation is 1. The molecule has 29 heavy (non-hydrogen) atoms. The Labute approximate surface area is 176 Å². The van der Waals surface area contributed by atoms with Gasteiger partial charge in [0.15, 0.2) is 0 Å². The highest BCUT2D eigenvalue weighted by Crippen LogP contribution is 2.20. The zero-order chi connectivity index (χ0) is 20.6. The number of carbonyl (C=O) groups excluding carboxylic acids is 1. The molecule has 0 saturated heterocycles. The van der Waals surface area contributed by atoms with Crippen molar-refractivity contribution in [2.45, 2.75) is 26.5 Å². The third kappa shape index (κ3) is 6.00. The van der Waals surface area contributed by atoms with Crippen LogP contribution in [0.4, 0.5) is 0 Å². The van der Waals surface area contributed by atoms with E-state index in [4.69, 9.17) is 21.1 Å². The molecule has 3 aromatic carbocycles. The maximum atomic E-state index is 12.6. The van der Waals surface area contributed by atoms with Crippen molar-refractivity contribution in [3.05, 3.63) is 94.5 Å². The Kier molecular flexibility index (Phi) is 7.14. The number of ether oxygens (including phenoxy) is 2. The predicted octanol–water partition coefficient (Wildman–Crippen LogP) is 5.42. The summed E-state index contributed by atoms with van der Waals surface area (Å²) in [6.07, 6.45) is 0. The summed E-state index contributed by atoms with van der Waals surface area (Å²) in [5, 5.41) is 3.61. The fraction of sp³-hybridized carbons (Fsp3) is 0.208. The number of carbonyl (C=O) groups is 1. The summed E-state index contributed by atoms with van der Waals surface area (Å²) in [7, 11) is 0. The van der Waals surface area contributed by atoms with Crippen LogP contribution < -0.4 is 14.8 Å². The minimum absolute atomic E-state index is 0.144. The van der Waals surface area contributed by atoms with Crippen LogP contribution in [0.1, 0.15) is 28.4 Å². The van der Waals surface area contributed by atoms with Gasteiger partial charge < -0.3 is 14.8 Å². The van der Waals surface area contributed by atoms with Crippen LogP contribution in [0.5, 0.6) is 11.5 Å². The first-order chi connectivity index (χ1) is 14.0. The molecule has 1 amide bonds. The highest BCUT2D eigenvalue weighted by Gasteiger charge is 2.12. The molecule has 0 aliphatic heterocycles. The lowest BCUT2D eigenvalue weighted by Crippen LogP contribution is -2.36. The lowest BCUT2D eigenvalue weighted by molar-refractivity contribution is 0.0926. The van der Waals surface area contributed by atoms with Crippen LogP contribution in [-0.2, 0) is 6.61 Å². The molecule has 1 N–H and O–H groups in total. The van der Waals surface area contributed by atoms with Crippen LogP contribution in [0.15, 0.2) is 72.8 Å². The first kappa shape index (κ1) is 20.7. The monoisotopic (exact) mass is 409 g/mol. The van der Waals surface area contributed by atoms with E-state index in [0.717, 1.165) is 16.9 Å². The Hall–Kier alpha value is -2.98. The molecule has 0 bridgehead atoms. The molecule has 0 spiro atoms. The SMILES string of the molecule is Cc1ccccc1OC[C@H](C)NC(=O)c1cccc(OCc2ccccc2Cl)c1. The summed E-state index contributed by atoms with van der Waals surface area (Å²) in [6, 6.07) is 22.3. The van der Waals surface area contributed by atoms with Gasteiger partial charge in [0.25, 0.3) is 5.91 Å². The second-order valence-electron chi connectivity index (χ2n) is 6.86. The number of para-hydroxylation sites is 1. The third-order valence-corrected chi connectivity index (χ3v) is 4.78. The molecule has 4 nitrogen and oxygen atoms in total. The van der Waals surface area contributed by atoms with Gasteiger partial charge >= 0.3 is 0 Å². The number of hydrogen-bond acceptors (Lipinski definition) is 3. The predicted molar refractivity (Wildman–Crippen MR) is 116 cm³/mol. The van der Waals surface area contributed by atoms with Crippen molar-refractivity contribution in [1.82, 2.24) is 5.32 Å². The minimum Gasteiger partial charge on any atom is -0.491 e. The average Bonchev–Trinajstić information content (AvgIpc) is 2.73. The Balaban J connectivity index is 1.54. The molecule has 0 radical (unpaired) electrons. The quantitative estimate of drug-likeness (QED) is 0.540. The van der Waals surface area contributed by atoms with Crippen LogP contribution in [0.25, 0.3) is 0 Å². The molecule has 0 unspecified atom stereocenters. The molecule has 0 saturated carbocycles. The Morgan fingerprint density at radius 1 is 1.00 bits per heavy atom. The molecular formula is C24H24ClNO3. The number of hydrogen-bond donors (Lipinski definition) is 1. The molecular weight excluding hydrogens is 386 g/mol. The molecule has 0 aromatic heterocycles. The van der Waals surface area contributed by atoms with E-state index in [1.54, 1.807) is 18.2 Å². The first-order valence-electron chi connectivity index (χ1n) is 9.48. The van der Waals surface area contributed by atoms with Crippen molar-refractivity contribution in [3.63, 3.8) is 0 Å².